The summed E-state index contributed by atoms with van der Waals surface area (Å²) in [5, 5.41) is 1.70. The molecular formula is C23H20ClFN4. The Morgan fingerprint density at radius 1 is 1.03 bits per heavy atom. The van der Waals surface area contributed by atoms with E-state index >= 15 is 0 Å². The van der Waals surface area contributed by atoms with Crippen LogP contribution in [0.25, 0.3) is 22.3 Å². The van der Waals surface area contributed by atoms with E-state index in [1.807, 2.05) is 31.3 Å². The first kappa shape index (κ1) is 18.1. The fourth-order valence-electron chi connectivity index (χ4n) is 3.98. The van der Waals surface area contributed by atoms with Crippen LogP contribution in [0.5, 0.6) is 0 Å². The van der Waals surface area contributed by atoms with E-state index in [2.05, 4.69) is 15.2 Å². The number of rotatable bonds is 2. The van der Waals surface area contributed by atoms with Crippen molar-refractivity contribution in [2.24, 2.45) is 12.0 Å². The molecule has 2 aromatic carbocycles. The fraction of sp³-hybridized carbons (Fsp3) is 0.217. The lowest BCUT2D eigenvalue weighted by molar-refractivity contribution is 0.496. The van der Waals surface area contributed by atoms with Gasteiger partial charge in [0.05, 0.1) is 16.8 Å². The summed E-state index contributed by atoms with van der Waals surface area (Å²) in [5.74, 6) is 0.789. The van der Waals surface area contributed by atoms with Gasteiger partial charge in [0.1, 0.15) is 22.8 Å². The Kier molecular flexibility index (Phi) is 4.47. The van der Waals surface area contributed by atoms with Gasteiger partial charge >= 0.3 is 0 Å². The Balaban J connectivity index is 1.81. The highest BCUT2D eigenvalue weighted by Crippen LogP contribution is 2.27. The summed E-state index contributed by atoms with van der Waals surface area (Å²) < 4.78 is 17.7. The van der Waals surface area contributed by atoms with Crippen LogP contribution in [0.15, 0.2) is 59.6 Å². The molecule has 5 rings (SSSR count). The van der Waals surface area contributed by atoms with Gasteiger partial charge in [-0.05, 0) is 60.9 Å². The number of nitrogens with zero attached hydrogens (tertiary/aromatic N) is 4. The van der Waals surface area contributed by atoms with Crippen molar-refractivity contribution in [3.8, 4) is 11.3 Å². The van der Waals surface area contributed by atoms with Crippen molar-refractivity contribution in [3.05, 3.63) is 76.7 Å². The molecule has 6 heteroatoms. The van der Waals surface area contributed by atoms with E-state index in [4.69, 9.17) is 21.6 Å². The SMILES string of the molecule is Cn1c(-c2ccc(Cl)cc2)cc2/c(=N\c3ccc(F)cc3)n3c(nc21)CCCC3. The average Bonchev–Trinajstić information content (AvgIpc) is 3.06. The van der Waals surface area contributed by atoms with Gasteiger partial charge in [-0.25, -0.2) is 14.4 Å². The van der Waals surface area contributed by atoms with E-state index in [1.54, 1.807) is 12.1 Å². The summed E-state index contributed by atoms with van der Waals surface area (Å²) in [4.78, 5) is 9.88. The van der Waals surface area contributed by atoms with Crippen molar-refractivity contribution in [1.82, 2.24) is 14.1 Å². The molecule has 0 saturated heterocycles. The lowest BCUT2D eigenvalue weighted by atomic mass is 10.1. The van der Waals surface area contributed by atoms with E-state index in [-0.39, 0.29) is 5.82 Å². The zero-order valence-electron chi connectivity index (χ0n) is 16.1. The van der Waals surface area contributed by atoms with Crippen molar-refractivity contribution in [2.45, 2.75) is 25.8 Å². The summed E-state index contributed by atoms with van der Waals surface area (Å²) in [6.45, 7) is 0.892. The largest absolute Gasteiger partial charge is 0.328 e. The van der Waals surface area contributed by atoms with Crippen LogP contribution in [0, 0.1) is 5.82 Å². The third-order valence-corrected chi connectivity index (χ3v) is 5.73. The summed E-state index contributed by atoms with van der Waals surface area (Å²) >= 11 is 6.07. The maximum absolute atomic E-state index is 13.4. The van der Waals surface area contributed by atoms with Crippen molar-refractivity contribution in [3.63, 3.8) is 0 Å². The topological polar surface area (TPSA) is 35.1 Å². The third-order valence-electron chi connectivity index (χ3n) is 5.48. The smallest absolute Gasteiger partial charge is 0.145 e. The molecule has 4 aromatic rings. The highest BCUT2D eigenvalue weighted by molar-refractivity contribution is 6.30. The molecule has 0 amide bonds. The second kappa shape index (κ2) is 7.16. The molecule has 29 heavy (non-hydrogen) atoms. The average molecular weight is 407 g/mol. The van der Waals surface area contributed by atoms with E-state index in [9.17, 15) is 4.39 Å². The quantitative estimate of drug-likeness (QED) is 0.438. The number of hydrogen-bond donors (Lipinski definition) is 0. The van der Waals surface area contributed by atoms with Crippen LogP contribution < -0.4 is 5.49 Å². The van der Waals surface area contributed by atoms with E-state index in [0.717, 1.165) is 65.1 Å². The summed E-state index contributed by atoms with van der Waals surface area (Å²) in [7, 11) is 2.03. The Morgan fingerprint density at radius 2 is 1.79 bits per heavy atom. The minimum Gasteiger partial charge on any atom is -0.328 e. The summed E-state index contributed by atoms with van der Waals surface area (Å²) in [6, 6.07) is 16.3. The summed E-state index contributed by atoms with van der Waals surface area (Å²) in [6.07, 6.45) is 3.17. The van der Waals surface area contributed by atoms with E-state index in [1.165, 1.54) is 12.1 Å². The Hall–Kier alpha value is -2.92. The van der Waals surface area contributed by atoms with Crippen LogP contribution in [0.2, 0.25) is 5.02 Å². The minimum absolute atomic E-state index is 0.261. The predicted octanol–water partition coefficient (Wildman–Crippen LogP) is 5.40. The van der Waals surface area contributed by atoms with Gasteiger partial charge in [-0.3, -0.25) is 0 Å². The highest BCUT2D eigenvalue weighted by Gasteiger charge is 2.18. The number of hydrogen-bond acceptors (Lipinski definition) is 2. The number of aryl methyl sites for hydroxylation is 2. The maximum Gasteiger partial charge on any atom is 0.145 e. The van der Waals surface area contributed by atoms with Gasteiger partial charge in [0, 0.05) is 25.0 Å². The van der Waals surface area contributed by atoms with Crippen molar-refractivity contribution < 1.29 is 4.39 Å². The van der Waals surface area contributed by atoms with Crippen LogP contribution >= 0.6 is 11.6 Å². The van der Waals surface area contributed by atoms with Crippen LogP contribution in [0.1, 0.15) is 18.7 Å². The number of fused-ring (bicyclic) bond motifs is 2. The number of aromatic nitrogens is 3. The van der Waals surface area contributed by atoms with Crippen LogP contribution in [0.3, 0.4) is 0 Å². The second-order valence-electron chi connectivity index (χ2n) is 7.38. The molecule has 1 aliphatic heterocycles. The number of halogens is 2. The molecule has 2 aromatic heterocycles. The van der Waals surface area contributed by atoms with Gasteiger partial charge in [-0.2, -0.15) is 0 Å². The van der Waals surface area contributed by atoms with Gasteiger partial charge in [0.15, 0.2) is 0 Å². The molecule has 0 radical (unpaired) electrons. The molecule has 0 N–H and O–H groups in total. The van der Waals surface area contributed by atoms with Gasteiger partial charge in [-0.1, -0.05) is 23.7 Å². The van der Waals surface area contributed by atoms with Gasteiger partial charge in [0.2, 0.25) is 0 Å². The van der Waals surface area contributed by atoms with E-state index in [0.29, 0.717) is 5.02 Å². The molecule has 146 valence electrons. The Morgan fingerprint density at radius 3 is 2.55 bits per heavy atom. The predicted molar refractivity (Wildman–Crippen MR) is 114 cm³/mol. The monoisotopic (exact) mass is 406 g/mol. The molecule has 3 heterocycles. The highest BCUT2D eigenvalue weighted by atomic mass is 35.5. The maximum atomic E-state index is 13.4. The van der Waals surface area contributed by atoms with Crippen molar-refractivity contribution in [2.75, 3.05) is 0 Å². The molecule has 0 saturated carbocycles. The van der Waals surface area contributed by atoms with Crippen LogP contribution in [0.4, 0.5) is 10.1 Å². The zero-order valence-corrected chi connectivity index (χ0v) is 16.8. The second-order valence-corrected chi connectivity index (χ2v) is 7.82. The standard InChI is InChI=1S/C23H20ClFN4/c1-28-20(15-5-7-16(24)8-6-15)14-19-22(28)27-21-4-2-3-13-29(21)23(19)26-18-11-9-17(25)10-12-18/h5-12,14H,2-4,13H2,1H3/b26-23+. The Bertz CT molecular complexity index is 1270. The first-order chi connectivity index (χ1) is 14.1. The van der Waals surface area contributed by atoms with Gasteiger partial charge in [-0.15, -0.1) is 0 Å². The molecule has 0 atom stereocenters. The van der Waals surface area contributed by atoms with Crippen molar-refractivity contribution >= 4 is 28.3 Å². The molecule has 0 bridgehead atoms. The van der Waals surface area contributed by atoms with E-state index < -0.39 is 0 Å². The molecule has 0 aliphatic carbocycles. The van der Waals surface area contributed by atoms with Gasteiger partial charge < -0.3 is 9.13 Å². The fourth-order valence-corrected chi connectivity index (χ4v) is 4.10. The summed E-state index contributed by atoms with van der Waals surface area (Å²) in [5.41, 5.74) is 4.65. The molecule has 4 nitrogen and oxygen atoms in total. The normalized spacial score (nSPS) is 14.4. The molecule has 1 aliphatic rings. The lowest BCUT2D eigenvalue weighted by Crippen LogP contribution is -2.29. The Labute approximate surface area is 172 Å². The zero-order chi connectivity index (χ0) is 20.0. The molecule has 0 unspecified atom stereocenters. The first-order valence-corrected chi connectivity index (χ1v) is 10.1. The minimum atomic E-state index is -0.261. The third kappa shape index (κ3) is 3.25. The number of benzene rings is 2. The lowest BCUT2D eigenvalue weighted by Gasteiger charge is -2.19. The molecule has 0 spiro atoms. The van der Waals surface area contributed by atoms with Crippen LogP contribution in [-0.4, -0.2) is 14.1 Å². The van der Waals surface area contributed by atoms with Crippen molar-refractivity contribution in [1.29, 1.82) is 0 Å². The molecular weight excluding hydrogens is 387 g/mol. The van der Waals surface area contributed by atoms with Crippen LogP contribution in [-0.2, 0) is 20.0 Å². The van der Waals surface area contributed by atoms with Gasteiger partial charge in [0.25, 0.3) is 0 Å². The first-order valence-electron chi connectivity index (χ1n) is 9.75. The molecule has 0 fully saturated rings.